The summed E-state index contributed by atoms with van der Waals surface area (Å²) in [5, 5.41) is 0. The lowest BCUT2D eigenvalue weighted by atomic mass is 9.57. The second-order valence-corrected chi connectivity index (χ2v) is 15.7. The number of hydrogen-bond donors (Lipinski definition) is 0. The minimum atomic E-state index is -1.44. The van der Waals surface area contributed by atoms with Gasteiger partial charge in [-0.2, -0.15) is 0 Å². The fourth-order valence-corrected chi connectivity index (χ4v) is 10.5. The Morgan fingerprint density at radius 1 is 0.761 bits per heavy atom. The van der Waals surface area contributed by atoms with Crippen molar-refractivity contribution < 1.29 is 52.4 Å². The predicted octanol–water partition coefficient (Wildman–Crippen LogP) is 6.25. The molecule has 2 aliphatic carbocycles. The van der Waals surface area contributed by atoms with Gasteiger partial charge in [-0.15, -0.1) is 0 Å². The molecule has 7 saturated heterocycles. The van der Waals surface area contributed by atoms with Crippen molar-refractivity contribution in [2.75, 3.05) is 26.5 Å². The van der Waals surface area contributed by atoms with E-state index in [2.05, 4.69) is 13.8 Å². The maximum atomic E-state index is 15.0. The summed E-state index contributed by atoms with van der Waals surface area (Å²) >= 11 is 0. The van der Waals surface area contributed by atoms with Crippen LogP contribution in [0.2, 0.25) is 0 Å². The molecule has 2 unspecified atom stereocenters. The van der Waals surface area contributed by atoms with Gasteiger partial charge in [0.25, 0.3) is 0 Å². The van der Waals surface area contributed by atoms with Crippen LogP contribution < -0.4 is 0 Å². The first-order valence-electron chi connectivity index (χ1n) is 17.6. The molecule has 0 amide bonds. The molecule has 11 heteroatoms. The molecule has 258 valence electrons. The molecule has 2 spiro atoms. The second kappa shape index (κ2) is 11.5. The van der Waals surface area contributed by atoms with Crippen LogP contribution in [-0.2, 0) is 48.0 Å². The average molecular weight is 651 g/mol. The van der Waals surface area contributed by atoms with E-state index in [1.54, 1.807) is 6.26 Å². The van der Waals surface area contributed by atoms with Crippen molar-refractivity contribution in [3.63, 3.8) is 0 Å². The Morgan fingerprint density at radius 3 is 2.15 bits per heavy atom. The van der Waals surface area contributed by atoms with Gasteiger partial charge in [0.15, 0.2) is 17.5 Å². The molecule has 0 N–H and O–H groups in total. The molecule has 8 heterocycles. The van der Waals surface area contributed by atoms with Crippen LogP contribution in [0, 0.1) is 41.4 Å². The first-order chi connectivity index (χ1) is 22.1. The van der Waals surface area contributed by atoms with Crippen molar-refractivity contribution in [2.45, 2.75) is 127 Å². The molecule has 10 rings (SSSR count). The van der Waals surface area contributed by atoms with Crippen LogP contribution >= 0.6 is 0 Å². The fourth-order valence-electron chi connectivity index (χ4n) is 10.5. The van der Waals surface area contributed by atoms with E-state index in [9.17, 15) is 4.39 Å². The van der Waals surface area contributed by atoms with Gasteiger partial charge in [-0.05, 0) is 75.7 Å². The highest BCUT2D eigenvalue weighted by atomic mass is 19.1. The van der Waals surface area contributed by atoms with Crippen molar-refractivity contribution >= 4 is 0 Å². The maximum absolute atomic E-state index is 15.0. The van der Waals surface area contributed by atoms with Crippen LogP contribution in [0.5, 0.6) is 0 Å². The molecule has 10 aliphatic rings. The molecule has 14 atom stereocenters. The zero-order valence-corrected chi connectivity index (χ0v) is 27.9. The molecule has 9 fully saturated rings. The van der Waals surface area contributed by atoms with Gasteiger partial charge in [0.1, 0.15) is 6.67 Å². The Balaban J connectivity index is 0.897. The lowest BCUT2D eigenvalue weighted by molar-refractivity contribution is -0.586. The topological polar surface area (TPSA) is 92.3 Å². The van der Waals surface area contributed by atoms with Crippen molar-refractivity contribution in [3.05, 3.63) is 24.0 Å². The zero-order valence-electron chi connectivity index (χ0n) is 27.9. The molecule has 46 heavy (non-hydrogen) atoms. The van der Waals surface area contributed by atoms with Crippen molar-refractivity contribution in [1.82, 2.24) is 0 Å². The number of hydrogen-bond acceptors (Lipinski definition) is 10. The zero-order chi connectivity index (χ0) is 32.0. The predicted molar refractivity (Wildman–Crippen MR) is 160 cm³/mol. The Hall–Kier alpha value is -1.15. The van der Waals surface area contributed by atoms with E-state index in [0.717, 1.165) is 50.5 Å². The van der Waals surface area contributed by atoms with Crippen LogP contribution in [0.1, 0.15) is 86.0 Å². The maximum Gasteiger partial charge on any atom is 0.235 e. The summed E-state index contributed by atoms with van der Waals surface area (Å²) in [6.07, 6.45) is 11.7. The highest BCUT2D eigenvalue weighted by Crippen LogP contribution is 2.63. The van der Waals surface area contributed by atoms with Crippen LogP contribution in [0.3, 0.4) is 0 Å². The van der Waals surface area contributed by atoms with Gasteiger partial charge in [0.05, 0.1) is 26.1 Å². The van der Waals surface area contributed by atoms with Crippen LogP contribution in [0.4, 0.5) is 4.39 Å². The third kappa shape index (κ3) is 4.66. The summed E-state index contributed by atoms with van der Waals surface area (Å²) in [6.45, 7) is 10.5. The van der Waals surface area contributed by atoms with Crippen molar-refractivity contribution in [3.8, 4) is 0 Å². The molecule has 10 nitrogen and oxygen atoms in total. The molecule has 0 aromatic rings. The standard InChI is InChI=1S/C35H51FO10/c1-21-8-10-27-23(3)33(20-36,42-30-34(27)25(21)12-15-32(5,41-30)44-45-34)39-17-7-6-16-37-18-24-19-38-29-35-26(22(2)9-11-28(24)35)13-14-31(4,40-29)43-46-35/h6-7,19,21-23,25-30H,8-18,20H2,1-5H3/b7-6+/t21-,22-,23-,25?,26?,27+,28+,29-,30+,31+,32+,33+,34-,35-/m1/s1. The number of alkyl halides is 1. The normalized spacial score (nSPS) is 54.0. The van der Waals surface area contributed by atoms with Gasteiger partial charge in [-0.3, -0.25) is 0 Å². The highest BCUT2D eigenvalue weighted by Gasteiger charge is 2.72. The Kier molecular flexibility index (Phi) is 7.99. The van der Waals surface area contributed by atoms with Crippen LogP contribution in [-0.4, -0.2) is 67.6 Å². The lowest BCUT2D eigenvalue weighted by Gasteiger charge is -2.62. The molecule has 4 bridgehead atoms. The van der Waals surface area contributed by atoms with Gasteiger partial charge in [-0.25, -0.2) is 23.9 Å². The minimum Gasteiger partial charge on any atom is -0.469 e. The fraction of sp³-hybridized carbons (Fsp3) is 0.886. The molecule has 2 saturated carbocycles. The van der Waals surface area contributed by atoms with Gasteiger partial charge >= 0.3 is 0 Å². The number of rotatable bonds is 8. The first-order valence-corrected chi connectivity index (χ1v) is 17.6. The number of halogens is 1. The van der Waals surface area contributed by atoms with Gasteiger partial charge in [-0.1, -0.05) is 32.9 Å². The Labute approximate surface area is 271 Å². The van der Waals surface area contributed by atoms with E-state index < -0.39 is 47.8 Å². The summed E-state index contributed by atoms with van der Waals surface area (Å²) in [5.41, 5.74) is -0.362. The quantitative estimate of drug-likeness (QED) is 0.171. The molecular formula is C35H51FO10. The SMILES string of the molecule is C[C@@H]1CC[C@H]2C(COC/C=C/CO[C@@]3(CF)O[C@@H]4O[C@]5(C)CCC6[C@H](C)CC[C@@H]([C@H]3C)[C@]64OO5)=CO[C@@H]3O[C@]4(C)CCC1[C@]32OO4. The summed E-state index contributed by atoms with van der Waals surface area (Å²) in [4.78, 5) is 24.2. The average Bonchev–Trinajstić information content (AvgIpc) is 3.42. The minimum absolute atomic E-state index is 0.0169. The van der Waals surface area contributed by atoms with Gasteiger partial charge < -0.3 is 28.4 Å². The van der Waals surface area contributed by atoms with Gasteiger partial charge in [0, 0.05) is 36.5 Å². The third-order valence-electron chi connectivity index (χ3n) is 13.1. The molecular weight excluding hydrogens is 599 g/mol. The smallest absolute Gasteiger partial charge is 0.235 e. The second-order valence-electron chi connectivity index (χ2n) is 15.7. The Bertz CT molecular complexity index is 1230. The first kappa shape index (κ1) is 32.1. The third-order valence-corrected chi connectivity index (χ3v) is 13.1. The van der Waals surface area contributed by atoms with E-state index in [1.165, 1.54) is 0 Å². The summed E-state index contributed by atoms with van der Waals surface area (Å²) in [6, 6.07) is 0. The number of ether oxygens (including phenoxy) is 6. The van der Waals surface area contributed by atoms with Crippen LogP contribution in [0.25, 0.3) is 0 Å². The van der Waals surface area contributed by atoms with E-state index in [-0.39, 0.29) is 36.2 Å². The van der Waals surface area contributed by atoms with E-state index >= 15 is 0 Å². The van der Waals surface area contributed by atoms with Crippen molar-refractivity contribution in [1.29, 1.82) is 0 Å². The summed E-state index contributed by atoms with van der Waals surface area (Å²) in [5.74, 6) is -1.90. The monoisotopic (exact) mass is 650 g/mol. The summed E-state index contributed by atoms with van der Waals surface area (Å²) < 4.78 is 52.7. The molecule has 8 aliphatic heterocycles. The van der Waals surface area contributed by atoms with E-state index in [4.69, 9.17) is 48.0 Å². The van der Waals surface area contributed by atoms with Crippen molar-refractivity contribution in [2.24, 2.45) is 41.4 Å². The summed E-state index contributed by atoms with van der Waals surface area (Å²) in [7, 11) is 0. The van der Waals surface area contributed by atoms with Crippen LogP contribution in [0.15, 0.2) is 24.0 Å². The molecule has 0 aromatic carbocycles. The Morgan fingerprint density at radius 2 is 1.41 bits per heavy atom. The molecule has 0 radical (unpaired) electrons. The number of fused-ring (bicyclic) bond motifs is 4. The molecule has 0 aromatic heterocycles. The highest BCUT2D eigenvalue weighted by molar-refractivity contribution is 5.21. The lowest BCUT2D eigenvalue weighted by Crippen LogP contribution is -2.73. The largest absolute Gasteiger partial charge is 0.469 e. The van der Waals surface area contributed by atoms with E-state index in [1.807, 2.05) is 32.9 Å². The van der Waals surface area contributed by atoms with E-state index in [0.29, 0.717) is 31.5 Å². The van der Waals surface area contributed by atoms with Gasteiger partial charge in [0.2, 0.25) is 23.7 Å².